The number of hydrogen-bond acceptors (Lipinski definition) is 4. The predicted octanol–water partition coefficient (Wildman–Crippen LogP) is 0.558. The average Bonchev–Trinajstić information content (AvgIpc) is 2.60. The summed E-state index contributed by atoms with van der Waals surface area (Å²) < 4.78 is 0. The average molecular weight is 264 g/mol. The number of hydrazine groups is 1. The molecule has 1 atom stereocenters. The molecule has 2 N–H and O–H groups in total. The highest BCUT2D eigenvalue weighted by Gasteiger charge is 2.41. The van der Waals surface area contributed by atoms with Gasteiger partial charge in [0.1, 0.15) is 0 Å². The van der Waals surface area contributed by atoms with E-state index in [2.05, 4.69) is 0 Å². The molecule has 0 saturated carbocycles. The Morgan fingerprint density at radius 2 is 1.74 bits per heavy atom. The van der Waals surface area contributed by atoms with Crippen LogP contribution in [0.15, 0.2) is 24.3 Å². The highest BCUT2D eigenvalue weighted by molar-refractivity contribution is 6.21. The fourth-order valence-corrected chi connectivity index (χ4v) is 1.89. The van der Waals surface area contributed by atoms with E-state index >= 15 is 0 Å². The topological polar surface area (TPSA) is 98.1 Å². The molecule has 1 aromatic rings. The number of imide groups is 1. The van der Waals surface area contributed by atoms with Gasteiger partial charge in [0.25, 0.3) is 11.8 Å². The quantitative estimate of drug-likeness (QED) is 0.777. The number of rotatable bonds is 3. The van der Waals surface area contributed by atoms with Gasteiger partial charge in [0.2, 0.25) is 0 Å². The number of benzene rings is 1. The van der Waals surface area contributed by atoms with Gasteiger partial charge in [-0.2, -0.15) is 5.01 Å². The second kappa shape index (κ2) is 4.69. The molecule has 19 heavy (non-hydrogen) atoms. The molecule has 1 heterocycles. The molecule has 0 unspecified atom stereocenters. The maximum Gasteiger partial charge on any atom is 0.426 e. The van der Waals surface area contributed by atoms with Gasteiger partial charge in [-0.3, -0.25) is 9.59 Å². The van der Waals surface area contributed by atoms with Gasteiger partial charge in [-0.15, -0.1) is 0 Å². The van der Waals surface area contributed by atoms with Crippen molar-refractivity contribution >= 4 is 17.9 Å². The van der Waals surface area contributed by atoms with Crippen LogP contribution in [0.25, 0.3) is 0 Å². The minimum Gasteiger partial charge on any atom is -0.464 e. The molecule has 7 heteroatoms. The molecule has 0 aliphatic carbocycles. The highest BCUT2D eigenvalue weighted by Crippen LogP contribution is 2.24. The smallest absolute Gasteiger partial charge is 0.426 e. The number of hydrogen-bond donors (Lipinski definition) is 2. The fourth-order valence-electron chi connectivity index (χ4n) is 1.89. The lowest BCUT2D eigenvalue weighted by molar-refractivity contribution is -0.00803. The summed E-state index contributed by atoms with van der Waals surface area (Å²) in [7, 11) is 0. The number of amides is 3. The van der Waals surface area contributed by atoms with E-state index in [0.29, 0.717) is 10.0 Å². The van der Waals surface area contributed by atoms with Crippen molar-refractivity contribution in [2.24, 2.45) is 0 Å². The van der Waals surface area contributed by atoms with E-state index in [0.717, 1.165) is 0 Å². The lowest BCUT2D eigenvalue weighted by Gasteiger charge is -2.27. The normalized spacial score (nSPS) is 15.4. The molecule has 0 spiro atoms. The van der Waals surface area contributed by atoms with Gasteiger partial charge >= 0.3 is 6.09 Å². The van der Waals surface area contributed by atoms with Crippen LogP contribution in [0.3, 0.4) is 0 Å². The first kappa shape index (κ1) is 13.0. The third-order valence-electron chi connectivity index (χ3n) is 2.67. The first-order chi connectivity index (χ1) is 8.93. The molecule has 0 aromatic heterocycles. The van der Waals surface area contributed by atoms with Crippen LogP contribution in [0.1, 0.15) is 27.6 Å². The fraction of sp³-hybridized carbons (Fsp3) is 0.250. The first-order valence-electron chi connectivity index (χ1n) is 5.59. The Morgan fingerprint density at radius 1 is 1.26 bits per heavy atom. The van der Waals surface area contributed by atoms with E-state index in [9.17, 15) is 19.5 Å². The van der Waals surface area contributed by atoms with Crippen LogP contribution in [-0.4, -0.2) is 50.8 Å². The van der Waals surface area contributed by atoms with Crippen LogP contribution in [0.5, 0.6) is 0 Å². The monoisotopic (exact) mass is 264 g/mol. The lowest BCUT2D eigenvalue weighted by atomic mass is 10.1. The molecule has 0 bridgehead atoms. The molecule has 3 amide bonds. The summed E-state index contributed by atoms with van der Waals surface area (Å²) >= 11 is 0. The zero-order valence-corrected chi connectivity index (χ0v) is 10.1. The van der Waals surface area contributed by atoms with Gasteiger partial charge in [-0.25, -0.2) is 9.80 Å². The summed E-state index contributed by atoms with van der Waals surface area (Å²) in [6.07, 6.45) is -2.48. The third-order valence-corrected chi connectivity index (χ3v) is 2.67. The Kier molecular flexibility index (Phi) is 3.22. The van der Waals surface area contributed by atoms with Crippen molar-refractivity contribution in [3.8, 4) is 0 Å². The van der Waals surface area contributed by atoms with Crippen molar-refractivity contribution in [2.45, 2.75) is 13.0 Å². The van der Waals surface area contributed by atoms with E-state index < -0.39 is 24.0 Å². The largest absolute Gasteiger partial charge is 0.464 e. The van der Waals surface area contributed by atoms with E-state index in [-0.39, 0.29) is 17.7 Å². The Bertz CT molecular complexity index is 520. The van der Waals surface area contributed by atoms with E-state index in [1.807, 2.05) is 0 Å². The predicted molar refractivity (Wildman–Crippen MR) is 63.4 cm³/mol. The molecule has 1 aliphatic heterocycles. The Morgan fingerprint density at radius 3 is 2.11 bits per heavy atom. The van der Waals surface area contributed by atoms with Crippen molar-refractivity contribution in [3.05, 3.63) is 35.4 Å². The Hall–Kier alpha value is -2.41. The minimum atomic E-state index is -1.48. The number of carbonyl (C=O) groups excluding carboxylic acids is 2. The molecule has 100 valence electrons. The molecule has 1 aromatic carbocycles. The van der Waals surface area contributed by atoms with Crippen LogP contribution in [0.4, 0.5) is 4.79 Å². The van der Waals surface area contributed by atoms with Crippen molar-refractivity contribution in [1.29, 1.82) is 0 Å². The van der Waals surface area contributed by atoms with Gasteiger partial charge in [0.15, 0.2) is 0 Å². The van der Waals surface area contributed by atoms with E-state index in [1.54, 1.807) is 12.1 Å². The van der Waals surface area contributed by atoms with Crippen LogP contribution < -0.4 is 0 Å². The standard InChI is InChI=1S/C12H12N2O5/c1-7(15)6-13(12(18)19)14-10(16)8-4-2-3-5-9(8)11(14)17/h2-5,7,15H,6H2,1H3,(H,18,19)/t7-/m1/s1. The van der Waals surface area contributed by atoms with Gasteiger partial charge in [0, 0.05) is 0 Å². The number of carbonyl (C=O) groups is 3. The Labute approximate surface area is 108 Å². The van der Waals surface area contributed by atoms with Gasteiger partial charge in [-0.05, 0) is 19.1 Å². The lowest BCUT2D eigenvalue weighted by Crippen LogP contribution is -2.51. The molecule has 0 saturated heterocycles. The van der Waals surface area contributed by atoms with Gasteiger partial charge in [0.05, 0.1) is 23.8 Å². The molecule has 2 rings (SSSR count). The summed E-state index contributed by atoms with van der Waals surface area (Å²) in [5, 5.41) is 19.4. The second-order valence-corrected chi connectivity index (χ2v) is 4.18. The van der Waals surface area contributed by atoms with Crippen LogP contribution >= 0.6 is 0 Å². The highest BCUT2D eigenvalue weighted by atomic mass is 16.4. The van der Waals surface area contributed by atoms with Crippen molar-refractivity contribution in [3.63, 3.8) is 0 Å². The number of aliphatic hydroxyl groups excluding tert-OH is 1. The van der Waals surface area contributed by atoms with Crippen LogP contribution in [-0.2, 0) is 0 Å². The van der Waals surface area contributed by atoms with Crippen LogP contribution in [0.2, 0.25) is 0 Å². The van der Waals surface area contributed by atoms with Crippen molar-refractivity contribution in [2.75, 3.05) is 6.54 Å². The second-order valence-electron chi connectivity index (χ2n) is 4.18. The summed E-state index contributed by atoms with van der Waals surface area (Å²) in [5.74, 6) is -1.41. The number of nitrogens with zero attached hydrogens (tertiary/aromatic N) is 2. The summed E-state index contributed by atoms with van der Waals surface area (Å²) in [6.45, 7) is 1.01. The number of aliphatic hydroxyl groups is 1. The SMILES string of the molecule is C[C@@H](O)CN(C(=O)O)N1C(=O)c2ccccc2C1=O. The maximum absolute atomic E-state index is 12.1. The molecular formula is C12H12N2O5. The zero-order chi connectivity index (χ0) is 14.2. The molecular weight excluding hydrogens is 252 g/mol. The zero-order valence-electron chi connectivity index (χ0n) is 10.1. The minimum absolute atomic E-state index is 0.157. The van der Waals surface area contributed by atoms with Gasteiger partial charge < -0.3 is 10.2 Å². The van der Waals surface area contributed by atoms with Crippen molar-refractivity contribution in [1.82, 2.24) is 10.0 Å². The molecule has 0 fully saturated rings. The van der Waals surface area contributed by atoms with E-state index in [4.69, 9.17) is 5.11 Å². The summed E-state index contributed by atoms with van der Waals surface area (Å²) in [5.41, 5.74) is 0.314. The molecule has 0 radical (unpaired) electrons. The third kappa shape index (κ3) is 2.15. The summed E-state index contributed by atoms with van der Waals surface area (Å²) in [4.78, 5) is 35.2. The molecule has 7 nitrogen and oxygen atoms in total. The number of carboxylic acid groups (broad SMARTS) is 1. The molecule has 1 aliphatic rings. The Balaban J connectivity index is 2.39. The van der Waals surface area contributed by atoms with Crippen LogP contribution in [0, 0.1) is 0 Å². The maximum atomic E-state index is 12.1. The van der Waals surface area contributed by atoms with Gasteiger partial charge in [-0.1, -0.05) is 12.1 Å². The van der Waals surface area contributed by atoms with E-state index in [1.165, 1.54) is 19.1 Å². The number of fused-ring (bicyclic) bond motifs is 1. The first-order valence-corrected chi connectivity index (χ1v) is 5.59. The summed E-state index contributed by atoms with van der Waals surface area (Å²) in [6, 6.07) is 6.09. The van der Waals surface area contributed by atoms with Crippen molar-refractivity contribution < 1.29 is 24.6 Å².